The van der Waals surface area contributed by atoms with Crippen LogP contribution in [-0.2, 0) is 11.8 Å². The van der Waals surface area contributed by atoms with Gasteiger partial charge in [-0.15, -0.1) is 0 Å². The Labute approximate surface area is 107 Å². The van der Waals surface area contributed by atoms with Crippen molar-refractivity contribution >= 4 is 12.2 Å². The summed E-state index contributed by atoms with van der Waals surface area (Å²) in [7, 11) is 1.53. The molecule has 0 spiro atoms. The van der Waals surface area contributed by atoms with Gasteiger partial charge in [0.2, 0.25) is 0 Å². The Kier molecular flexibility index (Phi) is 3.64. The summed E-state index contributed by atoms with van der Waals surface area (Å²) in [6.45, 7) is -0.406. The molecule has 4 atom stereocenters. The highest BCUT2D eigenvalue weighted by Gasteiger charge is 2.43. The molecule has 1 fully saturated rings. The van der Waals surface area contributed by atoms with Crippen LogP contribution in [0.5, 0.6) is 0 Å². The van der Waals surface area contributed by atoms with Crippen LogP contribution in [0.2, 0.25) is 0 Å². The minimum absolute atomic E-state index is 0.146. The average molecular weight is 274 g/mol. The van der Waals surface area contributed by atoms with Gasteiger partial charge in [-0.25, -0.2) is 4.79 Å². The van der Waals surface area contributed by atoms with Gasteiger partial charge < -0.3 is 24.6 Å². The number of aryl methyl sites for hydroxylation is 1. The lowest BCUT2D eigenvalue weighted by molar-refractivity contribution is -0.0231. The van der Waals surface area contributed by atoms with E-state index in [1.807, 2.05) is 0 Å². The Morgan fingerprint density at radius 3 is 2.72 bits per heavy atom. The summed E-state index contributed by atoms with van der Waals surface area (Å²) in [5.74, 6) is 0. The fourth-order valence-electron chi connectivity index (χ4n) is 1.94. The molecule has 4 N–H and O–H groups in total. The molecular formula is C10H14N2O5S. The topological polar surface area (TPSA) is 108 Å². The maximum Gasteiger partial charge on any atom is 0.326 e. The lowest BCUT2D eigenvalue weighted by Crippen LogP contribution is -2.32. The van der Waals surface area contributed by atoms with E-state index < -0.39 is 31.0 Å². The summed E-state index contributed by atoms with van der Waals surface area (Å²) in [5, 5.41) is 28.5. The number of nitrogens with zero attached hydrogens (tertiary/aromatic N) is 1. The molecule has 1 aliphatic heterocycles. The molecule has 2 heterocycles. The van der Waals surface area contributed by atoms with Crippen molar-refractivity contribution in [2.45, 2.75) is 24.4 Å². The van der Waals surface area contributed by atoms with Crippen LogP contribution in [0.3, 0.4) is 0 Å². The number of hydrogen-bond donors (Lipinski definition) is 4. The average Bonchev–Trinajstić information content (AvgIpc) is 2.61. The zero-order chi connectivity index (χ0) is 13.4. The molecule has 1 saturated heterocycles. The Bertz CT molecular complexity index is 554. The third-order valence-electron chi connectivity index (χ3n) is 2.98. The SMILES string of the molecule is Cn1cc([C@@H]2O[C@H](CO)C(O)C2O)c(=S)[nH]c1=O. The van der Waals surface area contributed by atoms with Crippen molar-refractivity contribution in [2.24, 2.45) is 7.05 Å². The molecule has 0 radical (unpaired) electrons. The number of rotatable bonds is 2. The van der Waals surface area contributed by atoms with Crippen LogP contribution in [0.15, 0.2) is 11.0 Å². The molecule has 2 rings (SSSR count). The summed E-state index contributed by atoms with van der Waals surface area (Å²) in [6.07, 6.45) is -2.67. The lowest BCUT2D eigenvalue weighted by Gasteiger charge is -2.15. The zero-order valence-corrected chi connectivity index (χ0v) is 10.4. The number of aliphatic hydroxyl groups excluding tert-OH is 3. The first-order chi connectivity index (χ1) is 8.45. The number of hydrogen-bond acceptors (Lipinski definition) is 6. The molecule has 8 heteroatoms. The summed E-state index contributed by atoms with van der Waals surface area (Å²) < 4.78 is 6.75. The van der Waals surface area contributed by atoms with Gasteiger partial charge in [-0.05, 0) is 0 Å². The van der Waals surface area contributed by atoms with Crippen LogP contribution in [-0.4, -0.2) is 49.8 Å². The molecule has 0 aliphatic carbocycles. The Hall–Kier alpha value is -1.06. The molecule has 1 aromatic heterocycles. The molecule has 2 unspecified atom stereocenters. The molecule has 0 amide bonds. The predicted octanol–water partition coefficient (Wildman–Crippen LogP) is -1.40. The van der Waals surface area contributed by atoms with Gasteiger partial charge in [-0.1, -0.05) is 12.2 Å². The van der Waals surface area contributed by atoms with Crippen molar-refractivity contribution < 1.29 is 20.1 Å². The van der Waals surface area contributed by atoms with Gasteiger partial charge in [0.15, 0.2) is 0 Å². The van der Waals surface area contributed by atoms with E-state index >= 15 is 0 Å². The first kappa shape index (κ1) is 13.4. The van der Waals surface area contributed by atoms with Gasteiger partial charge in [0.1, 0.15) is 29.1 Å². The van der Waals surface area contributed by atoms with Gasteiger partial charge in [-0.2, -0.15) is 0 Å². The highest BCUT2D eigenvalue weighted by Crippen LogP contribution is 2.33. The van der Waals surface area contributed by atoms with E-state index in [2.05, 4.69) is 4.98 Å². The highest BCUT2D eigenvalue weighted by atomic mass is 32.1. The summed E-state index contributed by atoms with van der Waals surface area (Å²) in [5.41, 5.74) is 0.0186. The van der Waals surface area contributed by atoms with Crippen LogP contribution < -0.4 is 5.69 Å². The van der Waals surface area contributed by atoms with Crippen molar-refractivity contribution in [1.82, 2.24) is 9.55 Å². The summed E-state index contributed by atoms with van der Waals surface area (Å²) in [4.78, 5) is 13.8. The fraction of sp³-hybridized carbons (Fsp3) is 0.600. The smallest absolute Gasteiger partial charge is 0.326 e. The summed E-state index contributed by atoms with van der Waals surface area (Å²) in [6, 6.07) is 0. The van der Waals surface area contributed by atoms with Crippen molar-refractivity contribution in [3.63, 3.8) is 0 Å². The minimum Gasteiger partial charge on any atom is -0.394 e. The second-order valence-electron chi connectivity index (χ2n) is 4.21. The van der Waals surface area contributed by atoms with Crippen molar-refractivity contribution in [3.8, 4) is 0 Å². The number of nitrogens with one attached hydrogen (secondary N) is 1. The van der Waals surface area contributed by atoms with Gasteiger partial charge in [0.25, 0.3) is 0 Å². The maximum atomic E-state index is 11.3. The Balaban J connectivity index is 2.42. The lowest BCUT2D eigenvalue weighted by atomic mass is 10.0. The number of aliphatic hydroxyl groups is 3. The third-order valence-corrected chi connectivity index (χ3v) is 3.32. The third kappa shape index (κ3) is 2.13. The Morgan fingerprint density at radius 2 is 2.17 bits per heavy atom. The van der Waals surface area contributed by atoms with Crippen LogP contribution >= 0.6 is 12.2 Å². The fourth-order valence-corrected chi connectivity index (χ4v) is 2.20. The van der Waals surface area contributed by atoms with Gasteiger partial charge in [0.05, 0.1) is 6.61 Å². The van der Waals surface area contributed by atoms with E-state index in [1.54, 1.807) is 0 Å². The highest BCUT2D eigenvalue weighted by molar-refractivity contribution is 7.71. The van der Waals surface area contributed by atoms with Crippen LogP contribution in [0.25, 0.3) is 0 Å². The van der Waals surface area contributed by atoms with Crippen molar-refractivity contribution in [2.75, 3.05) is 6.61 Å². The van der Waals surface area contributed by atoms with E-state index in [1.165, 1.54) is 17.8 Å². The molecule has 18 heavy (non-hydrogen) atoms. The first-order valence-corrected chi connectivity index (χ1v) is 5.79. The maximum absolute atomic E-state index is 11.3. The van der Waals surface area contributed by atoms with Gasteiger partial charge in [-0.3, -0.25) is 4.98 Å². The second kappa shape index (κ2) is 4.90. The van der Waals surface area contributed by atoms with Crippen molar-refractivity contribution in [3.05, 3.63) is 26.9 Å². The van der Waals surface area contributed by atoms with Crippen LogP contribution in [0.4, 0.5) is 0 Å². The minimum atomic E-state index is -1.20. The number of H-pyrrole nitrogens is 1. The van der Waals surface area contributed by atoms with E-state index in [4.69, 9.17) is 22.1 Å². The van der Waals surface area contributed by atoms with E-state index in [0.717, 1.165) is 0 Å². The molecule has 0 bridgehead atoms. The molecule has 0 saturated carbocycles. The number of ether oxygens (including phenoxy) is 1. The van der Waals surface area contributed by atoms with Gasteiger partial charge in [0, 0.05) is 18.8 Å². The normalized spacial score (nSPS) is 31.8. The number of aromatic nitrogens is 2. The largest absolute Gasteiger partial charge is 0.394 e. The Morgan fingerprint density at radius 1 is 1.50 bits per heavy atom. The van der Waals surface area contributed by atoms with Crippen LogP contribution in [0, 0.1) is 4.64 Å². The first-order valence-electron chi connectivity index (χ1n) is 5.38. The monoisotopic (exact) mass is 274 g/mol. The molecule has 100 valence electrons. The van der Waals surface area contributed by atoms with Gasteiger partial charge >= 0.3 is 5.69 Å². The molecule has 7 nitrogen and oxygen atoms in total. The second-order valence-corrected chi connectivity index (χ2v) is 4.62. The molecule has 1 aliphatic rings. The summed E-state index contributed by atoms with van der Waals surface area (Å²) >= 11 is 5.00. The predicted molar refractivity (Wildman–Crippen MR) is 63.6 cm³/mol. The quantitative estimate of drug-likeness (QED) is 0.494. The van der Waals surface area contributed by atoms with E-state index in [9.17, 15) is 15.0 Å². The molecular weight excluding hydrogens is 260 g/mol. The van der Waals surface area contributed by atoms with Crippen molar-refractivity contribution in [1.29, 1.82) is 0 Å². The van der Waals surface area contributed by atoms with Crippen LogP contribution in [0.1, 0.15) is 11.7 Å². The van der Waals surface area contributed by atoms with E-state index in [-0.39, 0.29) is 10.3 Å². The molecule has 1 aromatic rings. The standard InChI is InChI=1S/C10H14N2O5S/c1-12-2-4(9(18)11-10(12)16)8-7(15)6(14)5(3-13)17-8/h2,5-8,13-15H,3H2,1H3,(H,11,16,18)/t5-,6?,7?,8+/m1/s1. The number of aromatic amines is 1. The zero-order valence-electron chi connectivity index (χ0n) is 9.61. The van der Waals surface area contributed by atoms with E-state index in [0.29, 0.717) is 5.56 Å². The molecule has 0 aromatic carbocycles.